The molecule has 0 aliphatic carbocycles. The maximum atomic E-state index is 12.4. The average molecular weight is 447 g/mol. The smallest absolute Gasteiger partial charge is 0.237 e. The predicted molar refractivity (Wildman–Crippen MR) is 123 cm³/mol. The third-order valence-electron chi connectivity index (χ3n) is 4.59. The van der Waals surface area contributed by atoms with Gasteiger partial charge in [0.05, 0.1) is 11.9 Å². The van der Waals surface area contributed by atoms with E-state index in [4.69, 9.17) is 4.74 Å². The van der Waals surface area contributed by atoms with Gasteiger partial charge in [0, 0.05) is 23.8 Å². The number of nitrogens with one attached hydrogen (secondary N) is 1. The molecule has 4 rings (SSSR count). The number of aromatic nitrogens is 5. The molecule has 0 saturated carbocycles. The Bertz CT molecular complexity index is 1160. The van der Waals surface area contributed by atoms with Gasteiger partial charge in [0.25, 0.3) is 0 Å². The molecule has 0 aliphatic heterocycles. The van der Waals surface area contributed by atoms with Crippen molar-refractivity contribution in [2.75, 3.05) is 11.1 Å². The van der Waals surface area contributed by atoms with Crippen LogP contribution in [0.1, 0.15) is 25.3 Å². The number of thioether (sulfide) groups is 1. The highest BCUT2D eigenvalue weighted by Gasteiger charge is 2.11. The monoisotopic (exact) mass is 446 g/mol. The summed E-state index contributed by atoms with van der Waals surface area (Å²) in [4.78, 5) is 20.4. The Morgan fingerprint density at radius 1 is 1.09 bits per heavy atom. The number of carbonyl (C=O) groups is 1. The molecule has 0 spiro atoms. The van der Waals surface area contributed by atoms with Crippen LogP contribution in [0.2, 0.25) is 0 Å². The molecule has 2 aromatic carbocycles. The minimum atomic E-state index is -0.137. The van der Waals surface area contributed by atoms with E-state index in [1.54, 1.807) is 43.0 Å². The first-order valence-electron chi connectivity index (χ1n) is 10.1. The second kappa shape index (κ2) is 10.1. The molecule has 0 aliphatic rings. The summed E-state index contributed by atoms with van der Waals surface area (Å²) in [7, 11) is 0. The first kappa shape index (κ1) is 21.5. The standard InChI is InChI=1S/C23H22N6O2S/c1-16(2)17-3-7-19(8-4-17)29-15-26-28-23(29)32-14-21(30)27-18-5-9-20(10-6-18)31-22-13-24-11-12-25-22/h3-13,15-16H,14H2,1-2H3,(H,27,30). The van der Waals surface area contributed by atoms with Crippen molar-refractivity contribution in [3.8, 4) is 17.3 Å². The molecule has 1 amide bonds. The minimum Gasteiger partial charge on any atom is -0.438 e. The van der Waals surface area contributed by atoms with Crippen LogP contribution in [0.4, 0.5) is 5.69 Å². The molecule has 9 heteroatoms. The van der Waals surface area contributed by atoms with Gasteiger partial charge in [0.15, 0.2) is 5.16 Å². The Balaban J connectivity index is 1.32. The molecule has 2 aromatic heterocycles. The Hall–Kier alpha value is -3.72. The molecular weight excluding hydrogens is 424 g/mol. The number of anilines is 1. The first-order valence-corrected chi connectivity index (χ1v) is 11.0. The molecule has 4 aromatic rings. The fourth-order valence-electron chi connectivity index (χ4n) is 2.91. The van der Waals surface area contributed by atoms with Crippen molar-refractivity contribution in [1.29, 1.82) is 0 Å². The van der Waals surface area contributed by atoms with Crippen LogP contribution in [0.3, 0.4) is 0 Å². The molecule has 162 valence electrons. The van der Waals surface area contributed by atoms with Crippen LogP contribution in [0.25, 0.3) is 5.69 Å². The fourth-order valence-corrected chi connectivity index (χ4v) is 3.64. The lowest BCUT2D eigenvalue weighted by molar-refractivity contribution is -0.113. The fraction of sp³-hybridized carbons (Fsp3) is 0.174. The van der Waals surface area contributed by atoms with Crippen molar-refractivity contribution in [3.63, 3.8) is 0 Å². The van der Waals surface area contributed by atoms with Crippen LogP contribution in [-0.2, 0) is 4.79 Å². The van der Waals surface area contributed by atoms with Crippen molar-refractivity contribution in [2.24, 2.45) is 0 Å². The van der Waals surface area contributed by atoms with Crippen LogP contribution in [-0.4, -0.2) is 36.4 Å². The molecule has 0 atom stereocenters. The SMILES string of the molecule is CC(C)c1ccc(-n2cnnc2SCC(=O)Nc2ccc(Oc3cnccn3)cc2)cc1. The summed E-state index contributed by atoms with van der Waals surface area (Å²) in [5, 5.41) is 11.7. The van der Waals surface area contributed by atoms with Crippen LogP contribution in [0.15, 0.2) is 78.6 Å². The highest BCUT2D eigenvalue weighted by Crippen LogP contribution is 2.23. The van der Waals surface area contributed by atoms with Crippen LogP contribution in [0, 0.1) is 0 Å². The molecule has 0 bridgehead atoms. The third-order valence-corrected chi connectivity index (χ3v) is 5.53. The van der Waals surface area contributed by atoms with E-state index in [0.717, 1.165) is 5.69 Å². The summed E-state index contributed by atoms with van der Waals surface area (Å²) in [6.45, 7) is 4.32. The Morgan fingerprint density at radius 3 is 2.56 bits per heavy atom. The quantitative estimate of drug-likeness (QED) is 0.392. The van der Waals surface area contributed by atoms with Gasteiger partial charge in [-0.3, -0.25) is 14.3 Å². The molecule has 2 heterocycles. The second-order valence-electron chi connectivity index (χ2n) is 7.24. The van der Waals surface area contributed by atoms with Crippen molar-refractivity contribution < 1.29 is 9.53 Å². The summed E-state index contributed by atoms with van der Waals surface area (Å²) in [6.07, 6.45) is 6.32. The molecule has 0 radical (unpaired) electrons. The van der Waals surface area contributed by atoms with Gasteiger partial charge < -0.3 is 10.1 Å². The Morgan fingerprint density at radius 2 is 1.88 bits per heavy atom. The van der Waals surface area contributed by atoms with Crippen molar-refractivity contribution in [2.45, 2.75) is 24.9 Å². The number of hydrogen-bond donors (Lipinski definition) is 1. The number of amides is 1. The molecular formula is C23H22N6O2S. The van der Waals surface area contributed by atoms with Gasteiger partial charge in [-0.05, 0) is 47.9 Å². The molecule has 0 fully saturated rings. The largest absolute Gasteiger partial charge is 0.438 e. The van der Waals surface area contributed by atoms with E-state index in [9.17, 15) is 4.79 Å². The zero-order valence-corrected chi connectivity index (χ0v) is 18.5. The zero-order valence-electron chi connectivity index (χ0n) is 17.7. The number of hydrogen-bond acceptors (Lipinski definition) is 7. The second-order valence-corrected chi connectivity index (χ2v) is 8.18. The summed E-state index contributed by atoms with van der Waals surface area (Å²) in [6, 6.07) is 15.3. The molecule has 1 N–H and O–H groups in total. The van der Waals surface area contributed by atoms with E-state index in [-0.39, 0.29) is 11.7 Å². The number of rotatable bonds is 8. The predicted octanol–water partition coefficient (Wildman–Crippen LogP) is 4.70. The van der Waals surface area contributed by atoms with Gasteiger partial charge in [-0.25, -0.2) is 4.98 Å². The number of nitrogens with zero attached hydrogens (tertiary/aromatic N) is 5. The summed E-state index contributed by atoms with van der Waals surface area (Å²) in [5.41, 5.74) is 2.90. The third kappa shape index (κ3) is 5.50. The van der Waals surface area contributed by atoms with Crippen LogP contribution in [0.5, 0.6) is 11.6 Å². The maximum Gasteiger partial charge on any atom is 0.237 e. The summed E-state index contributed by atoms with van der Waals surface area (Å²) < 4.78 is 7.48. The lowest BCUT2D eigenvalue weighted by Gasteiger charge is -2.10. The van der Waals surface area contributed by atoms with Gasteiger partial charge in [0.1, 0.15) is 12.1 Å². The number of carbonyl (C=O) groups excluding carboxylic acids is 1. The van der Waals surface area contributed by atoms with E-state index in [1.165, 1.54) is 23.5 Å². The van der Waals surface area contributed by atoms with Gasteiger partial charge in [-0.2, -0.15) is 0 Å². The Kier molecular flexibility index (Phi) is 6.76. The molecule has 0 saturated heterocycles. The number of ether oxygens (including phenoxy) is 1. The molecule has 0 unspecified atom stereocenters. The first-order chi connectivity index (χ1) is 15.6. The van der Waals surface area contributed by atoms with Crippen molar-refractivity contribution in [3.05, 3.63) is 79.0 Å². The molecule has 32 heavy (non-hydrogen) atoms. The average Bonchev–Trinajstić information content (AvgIpc) is 3.28. The van der Waals surface area contributed by atoms with Crippen molar-refractivity contribution >= 4 is 23.4 Å². The lowest BCUT2D eigenvalue weighted by atomic mass is 10.0. The van der Waals surface area contributed by atoms with Gasteiger partial charge >= 0.3 is 0 Å². The van der Waals surface area contributed by atoms with E-state index in [0.29, 0.717) is 28.4 Å². The lowest BCUT2D eigenvalue weighted by Crippen LogP contribution is -2.14. The number of benzene rings is 2. The van der Waals surface area contributed by atoms with E-state index in [1.807, 2.05) is 16.7 Å². The highest BCUT2D eigenvalue weighted by atomic mass is 32.2. The van der Waals surface area contributed by atoms with Gasteiger partial charge in [-0.1, -0.05) is 37.7 Å². The Labute approximate surface area is 190 Å². The van der Waals surface area contributed by atoms with Crippen LogP contribution >= 0.6 is 11.8 Å². The summed E-state index contributed by atoms with van der Waals surface area (Å²) in [5.74, 6) is 1.55. The van der Waals surface area contributed by atoms with Gasteiger partial charge in [0.2, 0.25) is 11.8 Å². The zero-order chi connectivity index (χ0) is 22.3. The minimum absolute atomic E-state index is 0.137. The van der Waals surface area contributed by atoms with Crippen LogP contribution < -0.4 is 10.1 Å². The topological polar surface area (TPSA) is 94.8 Å². The molecule has 8 nitrogen and oxygen atoms in total. The maximum absolute atomic E-state index is 12.4. The van der Waals surface area contributed by atoms with Crippen molar-refractivity contribution in [1.82, 2.24) is 24.7 Å². The highest BCUT2D eigenvalue weighted by molar-refractivity contribution is 7.99. The normalized spacial score (nSPS) is 10.8. The van der Waals surface area contributed by atoms with E-state index >= 15 is 0 Å². The van der Waals surface area contributed by atoms with Gasteiger partial charge in [-0.15, -0.1) is 10.2 Å². The summed E-state index contributed by atoms with van der Waals surface area (Å²) >= 11 is 1.33. The van der Waals surface area contributed by atoms with E-state index in [2.05, 4.69) is 51.5 Å². The van der Waals surface area contributed by atoms with E-state index < -0.39 is 0 Å².